The van der Waals surface area contributed by atoms with Crippen LogP contribution in [0.1, 0.15) is 32.6 Å². The van der Waals surface area contributed by atoms with Crippen LogP contribution < -0.4 is 15.5 Å². The fraction of sp³-hybridized carbons (Fsp3) is 0.700. The van der Waals surface area contributed by atoms with Gasteiger partial charge in [0.05, 0.1) is 19.3 Å². The molecule has 3 N–H and O–H groups in total. The van der Waals surface area contributed by atoms with Crippen molar-refractivity contribution < 1.29 is 9.84 Å². The number of nitrogens with one attached hydrogen (secondary N) is 2. The van der Waals surface area contributed by atoms with E-state index in [0.717, 1.165) is 56.8 Å². The first-order valence-electron chi connectivity index (χ1n) is 10.2. The van der Waals surface area contributed by atoms with Crippen molar-refractivity contribution in [3.05, 3.63) is 24.4 Å². The molecule has 0 radical (unpaired) electrons. The first-order chi connectivity index (χ1) is 13.2. The van der Waals surface area contributed by atoms with Gasteiger partial charge in [-0.3, -0.25) is 4.99 Å². The molecule has 1 saturated heterocycles. The Hall–Kier alpha value is -1.13. The molecule has 0 aromatic carbocycles. The van der Waals surface area contributed by atoms with Crippen LogP contribution in [0.2, 0.25) is 0 Å². The van der Waals surface area contributed by atoms with Crippen molar-refractivity contribution in [3.8, 4) is 0 Å². The summed E-state index contributed by atoms with van der Waals surface area (Å²) >= 11 is 0. The quantitative estimate of drug-likeness (QED) is 0.272. The van der Waals surface area contributed by atoms with E-state index in [1.807, 2.05) is 18.3 Å². The largest absolute Gasteiger partial charge is 0.389 e. The summed E-state index contributed by atoms with van der Waals surface area (Å²) < 4.78 is 5.54. The maximum atomic E-state index is 10.1. The molecule has 158 valence electrons. The van der Waals surface area contributed by atoms with Gasteiger partial charge in [-0.15, -0.1) is 24.0 Å². The van der Waals surface area contributed by atoms with Crippen LogP contribution in [0.4, 0.5) is 5.82 Å². The van der Waals surface area contributed by atoms with E-state index in [2.05, 4.69) is 38.5 Å². The van der Waals surface area contributed by atoms with Crippen molar-refractivity contribution in [2.24, 2.45) is 10.9 Å². The second-order valence-corrected chi connectivity index (χ2v) is 7.45. The summed E-state index contributed by atoms with van der Waals surface area (Å²) in [6, 6.07) is 6.42. The third kappa shape index (κ3) is 8.08. The number of ether oxygens (including phenoxy) is 1. The summed E-state index contributed by atoms with van der Waals surface area (Å²) in [5.41, 5.74) is 0. The molecule has 2 aliphatic rings. The Morgan fingerprint density at radius 2 is 2.11 bits per heavy atom. The number of halogens is 1. The first-order valence-corrected chi connectivity index (χ1v) is 10.2. The van der Waals surface area contributed by atoms with Gasteiger partial charge >= 0.3 is 0 Å². The number of hydrogen-bond acceptors (Lipinski definition) is 5. The van der Waals surface area contributed by atoms with Crippen LogP contribution in [0.25, 0.3) is 0 Å². The first kappa shape index (κ1) is 23.2. The second kappa shape index (κ2) is 12.4. The fourth-order valence-corrected chi connectivity index (χ4v) is 3.21. The maximum Gasteiger partial charge on any atom is 0.191 e. The SMILES string of the molecule is CCNC(=NCC(O)COCC1CC1)NC1CCN(c2ccccn2)CC1.I. The van der Waals surface area contributed by atoms with E-state index < -0.39 is 6.10 Å². The van der Waals surface area contributed by atoms with Gasteiger partial charge in [0.1, 0.15) is 5.82 Å². The van der Waals surface area contributed by atoms with Crippen molar-refractivity contribution in [2.45, 2.75) is 44.8 Å². The number of aliphatic hydroxyl groups excluding tert-OH is 1. The number of aromatic nitrogens is 1. The Balaban J connectivity index is 0.00000280. The minimum atomic E-state index is -0.551. The third-order valence-electron chi connectivity index (χ3n) is 4.97. The Kier molecular flexibility index (Phi) is 10.3. The molecular formula is C20H34IN5O2. The number of piperidine rings is 1. The zero-order valence-corrected chi connectivity index (χ0v) is 19.0. The molecule has 1 unspecified atom stereocenters. The smallest absolute Gasteiger partial charge is 0.191 e. The predicted molar refractivity (Wildman–Crippen MR) is 124 cm³/mol. The standard InChI is InChI=1S/C20H33N5O2.HI/c1-2-21-20(23-13-18(26)15-27-14-16-6-7-16)24-17-8-11-25(12-9-17)19-5-3-4-10-22-19;/h3-5,10,16-18,26H,2,6-9,11-15H2,1H3,(H2,21,23,24);1H. The molecule has 0 amide bonds. The molecular weight excluding hydrogens is 469 g/mol. The van der Waals surface area contributed by atoms with E-state index in [1.165, 1.54) is 12.8 Å². The molecule has 2 heterocycles. The highest BCUT2D eigenvalue weighted by atomic mass is 127. The number of pyridine rings is 1. The molecule has 1 aromatic heterocycles. The van der Waals surface area contributed by atoms with E-state index in [1.54, 1.807) is 0 Å². The van der Waals surface area contributed by atoms with Gasteiger partial charge in [-0.05, 0) is 50.7 Å². The predicted octanol–water partition coefficient (Wildman–Crippen LogP) is 2.01. The number of hydrogen-bond donors (Lipinski definition) is 3. The minimum absolute atomic E-state index is 0. The average molecular weight is 503 g/mol. The van der Waals surface area contributed by atoms with E-state index >= 15 is 0 Å². The molecule has 7 nitrogen and oxygen atoms in total. The van der Waals surface area contributed by atoms with Crippen LogP contribution in [-0.4, -0.2) is 67.6 Å². The van der Waals surface area contributed by atoms with Crippen molar-refractivity contribution in [2.75, 3.05) is 44.3 Å². The Labute approximate surface area is 185 Å². The highest BCUT2D eigenvalue weighted by Gasteiger charge is 2.22. The number of aliphatic hydroxyl groups is 1. The van der Waals surface area contributed by atoms with Crippen LogP contribution >= 0.6 is 24.0 Å². The molecule has 1 saturated carbocycles. The molecule has 2 fully saturated rings. The summed E-state index contributed by atoms with van der Waals surface area (Å²) in [5.74, 6) is 2.54. The van der Waals surface area contributed by atoms with Crippen molar-refractivity contribution in [1.82, 2.24) is 15.6 Å². The average Bonchev–Trinajstić information content (AvgIpc) is 3.52. The number of guanidine groups is 1. The molecule has 1 atom stereocenters. The number of anilines is 1. The molecule has 1 aromatic rings. The topological polar surface area (TPSA) is 82.0 Å². The van der Waals surface area contributed by atoms with Crippen LogP contribution in [-0.2, 0) is 4.74 Å². The van der Waals surface area contributed by atoms with E-state index in [9.17, 15) is 5.11 Å². The van der Waals surface area contributed by atoms with Crippen LogP contribution in [0.5, 0.6) is 0 Å². The van der Waals surface area contributed by atoms with Crippen molar-refractivity contribution >= 4 is 35.8 Å². The van der Waals surface area contributed by atoms with E-state index in [0.29, 0.717) is 19.2 Å². The lowest BCUT2D eigenvalue weighted by atomic mass is 10.1. The third-order valence-corrected chi connectivity index (χ3v) is 4.97. The lowest BCUT2D eigenvalue weighted by molar-refractivity contribution is 0.0368. The Morgan fingerprint density at radius 3 is 2.75 bits per heavy atom. The van der Waals surface area contributed by atoms with E-state index in [-0.39, 0.29) is 24.0 Å². The van der Waals surface area contributed by atoms with Gasteiger partial charge in [-0.1, -0.05) is 6.07 Å². The molecule has 8 heteroatoms. The van der Waals surface area contributed by atoms with Crippen LogP contribution in [0, 0.1) is 5.92 Å². The zero-order valence-electron chi connectivity index (χ0n) is 16.7. The molecule has 1 aliphatic carbocycles. The molecule has 28 heavy (non-hydrogen) atoms. The molecule has 0 bridgehead atoms. The normalized spacial score (nSPS) is 19.1. The summed E-state index contributed by atoms with van der Waals surface area (Å²) in [6.45, 7) is 6.29. The monoisotopic (exact) mass is 503 g/mol. The van der Waals surface area contributed by atoms with Crippen molar-refractivity contribution in [3.63, 3.8) is 0 Å². The Bertz CT molecular complexity index is 577. The summed E-state index contributed by atoms with van der Waals surface area (Å²) in [4.78, 5) is 11.3. The molecule has 0 spiro atoms. The lowest BCUT2D eigenvalue weighted by Gasteiger charge is -2.33. The molecule has 1 aliphatic heterocycles. The lowest BCUT2D eigenvalue weighted by Crippen LogP contribution is -2.49. The number of aliphatic imine (C=N–C) groups is 1. The zero-order chi connectivity index (χ0) is 18.9. The van der Waals surface area contributed by atoms with Gasteiger partial charge in [0, 0.05) is 38.5 Å². The fourth-order valence-electron chi connectivity index (χ4n) is 3.21. The van der Waals surface area contributed by atoms with Gasteiger partial charge in [-0.25, -0.2) is 4.98 Å². The molecule has 3 rings (SSSR count). The highest BCUT2D eigenvalue weighted by Crippen LogP contribution is 2.28. The second-order valence-electron chi connectivity index (χ2n) is 7.45. The number of rotatable bonds is 9. The number of nitrogens with zero attached hydrogens (tertiary/aromatic N) is 3. The minimum Gasteiger partial charge on any atom is -0.389 e. The van der Waals surface area contributed by atoms with Gasteiger partial charge in [0.15, 0.2) is 5.96 Å². The van der Waals surface area contributed by atoms with Crippen molar-refractivity contribution in [1.29, 1.82) is 0 Å². The highest BCUT2D eigenvalue weighted by molar-refractivity contribution is 14.0. The van der Waals surface area contributed by atoms with Gasteiger partial charge in [0.2, 0.25) is 0 Å². The van der Waals surface area contributed by atoms with Crippen LogP contribution in [0.15, 0.2) is 29.4 Å². The van der Waals surface area contributed by atoms with Gasteiger partial charge in [-0.2, -0.15) is 0 Å². The Morgan fingerprint density at radius 1 is 1.32 bits per heavy atom. The summed E-state index contributed by atoms with van der Waals surface area (Å²) in [5, 5.41) is 16.8. The summed E-state index contributed by atoms with van der Waals surface area (Å²) in [7, 11) is 0. The maximum absolute atomic E-state index is 10.1. The van der Waals surface area contributed by atoms with Gasteiger partial charge < -0.3 is 25.4 Å². The van der Waals surface area contributed by atoms with E-state index in [4.69, 9.17) is 4.74 Å². The van der Waals surface area contributed by atoms with Crippen LogP contribution in [0.3, 0.4) is 0 Å². The van der Waals surface area contributed by atoms with Gasteiger partial charge in [0.25, 0.3) is 0 Å². The summed E-state index contributed by atoms with van der Waals surface area (Å²) in [6.07, 6.45) is 5.89.